The SMILES string of the molecule is CCOC1CC(N)(C(=O)NC2CCN(c3ncccc3Cl)C2)C1(C)C.Cl.Cl. The van der Waals surface area contributed by atoms with Gasteiger partial charge in [-0.15, -0.1) is 24.8 Å². The molecule has 1 aromatic rings. The minimum Gasteiger partial charge on any atom is -0.378 e. The lowest BCUT2D eigenvalue weighted by Crippen LogP contribution is -2.76. The molecule has 3 rings (SSSR count). The van der Waals surface area contributed by atoms with Crippen LogP contribution in [-0.4, -0.2) is 48.3 Å². The van der Waals surface area contributed by atoms with Gasteiger partial charge in [0.25, 0.3) is 0 Å². The Hall–Kier alpha value is -0.790. The third-order valence-electron chi connectivity index (χ3n) is 5.80. The highest BCUT2D eigenvalue weighted by Gasteiger charge is 2.63. The zero-order chi connectivity index (χ0) is 18.2. The van der Waals surface area contributed by atoms with Crippen molar-refractivity contribution in [2.75, 3.05) is 24.6 Å². The monoisotopic (exact) mass is 438 g/mol. The fraction of sp³-hybridized carbons (Fsp3) is 0.667. The molecule has 0 spiro atoms. The van der Waals surface area contributed by atoms with Crippen LogP contribution in [0.15, 0.2) is 18.3 Å². The maximum atomic E-state index is 12.8. The number of carbonyl (C=O) groups is 1. The fourth-order valence-electron chi connectivity index (χ4n) is 3.82. The van der Waals surface area contributed by atoms with Gasteiger partial charge in [-0.25, -0.2) is 4.98 Å². The lowest BCUT2D eigenvalue weighted by atomic mass is 9.54. The van der Waals surface area contributed by atoms with E-state index in [2.05, 4.69) is 15.2 Å². The molecular formula is C18H29Cl3N4O2. The lowest BCUT2D eigenvalue weighted by molar-refractivity contribution is -0.171. The number of rotatable bonds is 5. The van der Waals surface area contributed by atoms with E-state index in [4.69, 9.17) is 22.1 Å². The number of hydrogen-bond donors (Lipinski definition) is 2. The van der Waals surface area contributed by atoms with Crippen LogP contribution < -0.4 is 16.0 Å². The van der Waals surface area contributed by atoms with Gasteiger partial charge in [-0.1, -0.05) is 25.4 Å². The van der Waals surface area contributed by atoms with E-state index in [0.29, 0.717) is 24.6 Å². The van der Waals surface area contributed by atoms with Crippen LogP contribution in [-0.2, 0) is 9.53 Å². The van der Waals surface area contributed by atoms with Gasteiger partial charge in [0.2, 0.25) is 5.91 Å². The topological polar surface area (TPSA) is 80.5 Å². The summed E-state index contributed by atoms with van der Waals surface area (Å²) >= 11 is 6.22. The second-order valence-electron chi connectivity index (χ2n) is 7.56. The number of hydrogen-bond acceptors (Lipinski definition) is 5. The third-order valence-corrected chi connectivity index (χ3v) is 6.09. The van der Waals surface area contributed by atoms with E-state index < -0.39 is 5.54 Å². The molecule has 3 unspecified atom stereocenters. The highest BCUT2D eigenvalue weighted by Crippen LogP contribution is 2.50. The number of anilines is 1. The second kappa shape index (κ2) is 9.14. The number of nitrogens with zero attached hydrogens (tertiary/aromatic N) is 2. The van der Waals surface area contributed by atoms with E-state index in [9.17, 15) is 4.79 Å². The van der Waals surface area contributed by atoms with Gasteiger partial charge in [0.15, 0.2) is 0 Å². The summed E-state index contributed by atoms with van der Waals surface area (Å²) < 4.78 is 5.71. The maximum Gasteiger partial charge on any atom is 0.241 e. The van der Waals surface area contributed by atoms with Crippen molar-refractivity contribution in [3.8, 4) is 0 Å². The normalized spacial score (nSPS) is 28.6. The standard InChI is InChI=1S/C18H27ClN4O2.2ClH/c1-4-25-14-10-18(20,17(14,2)3)16(24)22-12-7-9-23(11-12)15-13(19)6-5-8-21-15;;/h5-6,8,12,14H,4,7,9-11,20H2,1-3H3,(H,22,24);2*1H. The Labute approximate surface area is 178 Å². The Morgan fingerprint density at radius 2 is 2.19 bits per heavy atom. The van der Waals surface area contributed by atoms with E-state index in [-0.39, 0.29) is 48.3 Å². The van der Waals surface area contributed by atoms with Gasteiger partial charge in [0.1, 0.15) is 11.4 Å². The molecule has 0 bridgehead atoms. The van der Waals surface area contributed by atoms with Crippen LogP contribution in [0.1, 0.15) is 33.6 Å². The maximum absolute atomic E-state index is 12.8. The number of pyridine rings is 1. The van der Waals surface area contributed by atoms with Crippen molar-refractivity contribution in [3.63, 3.8) is 0 Å². The fourth-order valence-corrected chi connectivity index (χ4v) is 4.06. The van der Waals surface area contributed by atoms with Crippen LogP contribution in [0.5, 0.6) is 0 Å². The first-order chi connectivity index (χ1) is 11.8. The molecule has 154 valence electrons. The van der Waals surface area contributed by atoms with E-state index >= 15 is 0 Å². The number of nitrogens with two attached hydrogens (primary N) is 1. The van der Waals surface area contributed by atoms with Gasteiger partial charge in [0, 0.05) is 43.8 Å². The summed E-state index contributed by atoms with van der Waals surface area (Å²) in [5.41, 5.74) is 5.19. The van der Waals surface area contributed by atoms with E-state index in [1.165, 1.54) is 0 Å². The van der Waals surface area contributed by atoms with Gasteiger partial charge in [-0.2, -0.15) is 0 Å². The minimum absolute atomic E-state index is 0. The molecule has 1 amide bonds. The number of carbonyl (C=O) groups excluding carboxylic acids is 1. The molecule has 3 N–H and O–H groups in total. The highest BCUT2D eigenvalue weighted by atomic mass is 35.5. The molecule has 1 aromatic heterocycles. The third kappa shape index (κ3) is 4.30. The summed E-state index contributed by atoms with van der Waals surface area (Å²) in [6, 6.07) is 3.69. The first-order valence-corrected chi connectivity index (χ1v) is 9.24. The van der Waals surface area contributed by atoms with Crippen LogP contribution in [0.25, 0.3) is 0 Å². The first kappa shape index (κ1) is 24.2. The molecule has 0 aromatic carbocycles. The number of ether oxygens (including phenoxy) is 1. The highest BCUT2D eigenvalue weighted by molar-refractivity contribution is 6.32. The van der Waals surface area contributed by atoms with Crippen LogP contribution in [0.2, 0.25) is 5.02 Å². The molecule has 1 saturated heterocycles. The largest absolute Gasteiger partial charge is 0.378 e. The molecule has 2 heterocycles. The molecule has 2 fully saturated rings. The minimum atomic E-state index is -0.886. The summed E-state index contributed by atoms with van der Waals surface area (Å²) in [6.07, 6.45) is 3.17. The summed E-state index contributed by atoms with van der Waals surface area (Å²) in [6.45, 7) is 8.10. The Morgan fingerprint density at radius 1 is 1.48 bits per heavy atom. The molecule has 3 atom stereocenters. The lowest BCUT2D eigenvalue weighted by Gasteiger charge is -2.57. The van der Waals surface area contributed by atoms with Gasteiger partial charge in [0.05, 0.1) is 11.1 Å². The van der Waals surface area contributed by atoms with Crippen LogP contribution in [0, 0.1) is 5.41 Å². The average molecular weight is 440 g/mol. The van der Waals surface area contributed by atoms with Gasteiger partial charge < -0.3 is 20.7 Å². The summed E-state index contributed by atoms with van der Waals surface area (Å²) in [4.78, 5) is 19.3. The number of amides is 1. The van der Waals surface area contributed by atoms with Crippen molar-refractivity contribution < 1.29 is 9.53 Å². The summed E-state index contributed by atoms with van der Waals surface area (Å²) in [7, 11) is 0. The molecule has 0 radical (unpaired) electrons. The first-order valence-electron chi connectivity index (χ1n) is 8.86. The molecule has 1 aliphatic heterocycles. The van der Waals surface area contributed by atoms with E-state index in [1.807, 2.05) is 32.9 Å². The Kier molecular flexibility index (Phi) is 8.21. The van der Waals surface area contributed by atoms with Gasteiger partial charge >= 0.3 is 0 Å². The van der Waals surface area contributed by atoms with Crippen LogP contribution in [0.4, 0.5) is 5.82 Å². The van der Waals surface area contributed by atoms with Crippen molar-refractivity contribution in [2.45, 2.75) is 51.3 Å². The molecule has 1 aliphatic carbocycles. The molecular weight excluding hydrogens is 411 g/mol. The quantitative estimate of drug-likeness (QED) is 0.737. The predicted molar refractivity (Wildman–Crippen MR) is 113 cm³/mol. The molecule has 1 saturated carbocycles. The van der Waals surface area contributed by atoms with Crippen LogP contribution >= 0.6 is 36.4 Å². The van der Waals surface area contributed by atoms with Crippen molar-refractivity contribution in [3.05, 3.63) is 23.4 Å². The zero-order valence-corrected chi connectivity index (χ0v) is 18.3. The average Bonchev–Trinajstić information content (AvgIpc) is 3.03. The molecule has 27 heavy (non-hydrogen) atoms. The molecule has 6 nitrogen and oxygen atoms in total. The molecule has 9 heteroatoms. The number of aromatic nitrogens is 1. The van der Waals surface area contributed by atoms with E-state index in [1.54, 1.807) is 6.20 Å². The summed E-state index contributed by atoms with van der Waals surface area (Å²) in [5, 5.41) is 3.76. The second-order valence-corrected chi connectivity index (χ2v) is 7.96. The smallest absolute Gasteiger partial charge is 0.241 e. The Balaban J connectivity index is 0.00000182. The van der Waals surface area contributed by atoms with Crippen molar-refractivity contribution in [2.24, 2.45) is 11.1 Å². The summed E-state index contributed by atoms with van der Waals surface area (Å²) in [5.74, 6) is 0.677. The molecule has 2 aliphatic rings. The van der Waals surface area contributed by atoms with Crippen molar-refractivity contribution in [1.82, 2.24) is 10.3 Å². The Morgan fingerprint density at radius 3 is 2.78 bits per heavy atom. The number of halogens is 3. The van der Waals surface area contributed by atoms with Crippen LogP contribution in [0.3, 0.4) is 0 Å². The number of nitrogens with one attached hydrogen (secondary N) is 1. The van der Waals surface area contributed by atoms with Crippen molar-refractivity contribution >= 4 is 48.1 Å². The van der Waals surface area contributed by atoms with E-state index in [0.717, 1.165) is 18.8 Å². The van der Waals surface area contributed by atoms with Crippen molar-refractivity contribution in [1.29, 1.82) is 0 Å². The predicted octanol–water partition coefficient (Wildman–Crippen LogP) is 2.81. The Bertz CT molecular complexity index is 661. The zero-order valence-electron chi connectivity index (χ0n) is 15.9. The van der Waals surface area contributed by atoms with Gasteiger partial charge in [-0.05, 0) is 25.5 Å². The van der Waals surface area contributed by atoms with Gasteiger partial charge in [-0.3, -0.25) is 4.79 Å².